The number of hydrogen-bond acceptors (Lipinski definition) is 4. The molecule has 2 rings (SSSR count). The standard InChI is InChI=1S/C9H12BrN3O2/c10-7-8(14)12-5-13-9(7)15-6-2-1-3-11-4-6/h5-6,11H,1-4H2,(H,12,13,14)/t6-/m0/s1. The van der Waals surface area contributed by atoms with Gasteiger partial charge < -0.3 is 15.0 Å². The predicted octanol–water partition coefficient (Wildman–Crippen LogP) is 0.663. The smallest absolute Gasteiger partial charge is 0.268 e. The van der Waals surface area contributed by atoms with Gasteiger partial charge in [0, 0.05) is 6.54 Å². The lowest BCUT2D eigenvalue weighted by atomic mass is 10.1. The van der Waals surface area contributed by atoms with E-state index in [4.69, 9.17) is 4.74 Å². The maximum Gasteiger partial charge on any atom is 0.268 e. The van der Waals surface area contributed by atoms with E-state index in [1.54, 1.807) is 0 Å². The molecule has 1 aliphatic rings. The Labute approximate surface area is 95.4 Å². The van der Waals surface area contributed by atoms with Gasteiger partial charge in [-0.25, -0.2) is 4.98 Å². The molecule has 15 heavy (non-hydrogen) atoms. The van der Waals surface area contributed by atoms with Crippen LogP contribution >= 0.6 is 15.9 Å². The van der Waals surface area contributed by atoms with Crippen molar-refractivity contribution in [3.05, 3.63) is 21.2 Å². The van der Waals surface area contributed by atoms with Crippen molar-refractivity contribution in [1.29, 1.82) is 0 Å². The molecule has 0 aromatic carbocycles. The minimum atomic E-state index is -0.219. The number of halogens is 1. The third kappa shape index (κ3) is 2.57. The molecule has 6 heteroatoms. The predicted molar refractivity (Wildman–Crippen MR) is 59.1 cm³/mol. The maximum absolute atomic E-state index is 11.2. The summed E-state index contributed by atoms with van der Waals surface area (Å²) in [5, 5.41) is 3.24. The molecule has 1 atom stereocenters. The van der Waals surface area contributed by atoms with Crippen LogP contribution in [0.3, 0.4) is 0 Å². The van der Waals surface area contributed by atoms with Gasteiger partial charge in [0.15, 0.2) is 0 Å². The van der Waals surface area contributed by atoms with Crippen LogP contribution in [0, 0.1) is 0 Å². The van der Waals surface area contributed by atoms with Crippen LogP contribution in [-0.4, -0.2) is 29.2 Å². The fraction of sp³-hybridized carbons (Fsp3) is 0.556. The molecule has 1 aromatic rings. The lowest BCUT2D eigenvalue weighted by Gasteiger charge is -2.23. The van der Waals surface area contributed by atoms with Gasteiger partial charge in [0.25, 0.3) is 5.56 Å². The first-order chi connectivity index (χ1) is 7.27. The first-order valence-corrected chi connectivity index (χ1v) is 5.67. The molecule has 1 fully saturated rings. The zero-order chi connectivity index (χ0) is 10.7. The molecule has 0 unspecified atom stereocenters. The van der Waals surface area contributed by atoms with Crippen LogP contribution < -0.4 is 15.6 Å². The van der Waals surface area contributed by atoms with Crippen molar-refractivity contribution in [3.8, 4) is 5.88 Å². The van der Waals surface area contributed by atoms with Crippen LogP contribution in [0.4, 0.5) is 0 Å². The highest BCUT2D eigenvalue weighted by Gasteiger charge is 2.17. The number of nitrogens with zero attached hydrogens (tertiary/aromatic N) is 1. The summed E-state index contributed by atoms with van der Waals surface area (Å²) in [6.07, 6.45) is 3.53. The molecular formula is C9H12BrN3O2. The van der Waals surface area contributed by atoms with Crippen LogP contribution in [0.15, 0.2) is 15.6 Å². The Bertz CT molecular complexity index is 387. The Morgan fingerprint density at radius 1 is 1.60 bits per heavy atom. The minimum absolute atomic E-state index is 0.101. The van der Waals surface area contributed by atoms with E-state index in [1.807, 2.05) is 0 Å². The average molecular weight is 274 g/mol. The molecule has 0 amide bonds. The Morgan fingerprint density at radius 2 is 2.47 bits per heavy atom. The molecule has 1 saturated heterocycles. The molecule has 0 bridgehead atoms. The SMILES string of the molecule is O=c1[nH]cnc(O[C@H]2CCCNC2)c1Br. The number of piperidine rings is 1. The highest BCUT2D eigenvalue weighted by atomic mass is 79.9. The van der Waals surface area contributed by atoms with Crippen molar-refractivity contribution in [2.45, 2.75) is 18.9 Å². The molecule has 0 radical (unpaired) electrons. The van der Waals surface area contributed by atoms with Gasteiger partial charge in [-0.3, -0.25) is 4.79 Å². The molecule has 5 nitrogen and oxygen atoms in total. The molecule has 0 aliphatic carbocycles. The highest BCUT2D eigenvalue weighted by molar-refractivity contribution is 9.10. The summed E-state index contributed by atoms with van der Waals surface area (Å²) in [7, 11) is 0. The Kier molecular flexibility index (Phi) is 3.37. The van der Waals surface area contributed by atoms with Crippen molar-refractivity contribution in [1.82, 2.24) is 15.3 Å². The molecule has 2 heterocycles. The molecule has 0 spiro atoms. The summed E-state index contributed by atoms with van der Waals surface area (Å²) in [4.78, 5) is 17.7. The van der Waals surface area contributed by atoms with Crippen molar-refractivity contribution in [2.75, 3.05) is 13.1 Å². The Morgan fingerprint density at radius 3 is 3.20 bits per heavy atom. The van der Waals surface area contributed by atoms with E-state index in [-0.39, 0.29) is 11.7 Å². The quantitative estimate of drug-likeness (QED) is 0.831. The molecule has 0 saturated carbocycles. The first-order valence-electron chi connectivity index (χ1n) is 4.88. The van der Waals surface area contributed by atoms with Crippen molar-refractivity contribution < 1.29 is 4.74 Å². The van der Waals surface area contributed by atoms with E-state index >= 15 is 0 Å². The van der Waals surface area contributed by atoms with Gasteiger partial charge in [0.2, 0.25) is 5.88 Å². The molecule has 1 aromatic heterocycles. The number of rotatable bonds is 2. The monoisotopic (exact) mass is 273 g/mol. The lowest BCUT2D eigenvalue weighted by Crippen LogP contribution is -2.37. The van der Waals surface area contributed by atoms with Gasteiger partial charge >= 0.3 is 0 Å². The fourth-order valence-corrected chi connectivity index (χ4v) is 1.84. The fourth-order valence-electron chi connectivity index (χ4n) is 1.53. The second-order valence-electron chi connectivity index (χ2n) is 3.44. The van der Waals surface area contributed by atoms with Gasteiger partial charge in [-0.05, 0) is 35.3 Å². The number of hydrogen-bond donors (Lipinski definition) is 2. The van der Waals surface area contributed by atoms with Crippen LogP contribution in [-0.2, 0) is 0 Å². The molecule has 82 valence electrons. The maximum atomic E-state index is 11.2. The normalized spacial score (nSPS) is 21.3. The highest BCUT2D eigenvalue weighted by Crippen LogP contribution is 2.19. The van der Waals surface area contributed by atoms with E-state index in [9.17, 15) is 4.79 Å². The summed E-state index contributed by atoms with van der Waals surface area (Å²) in [6.45, 7) is 1.84. The van der Waals surface area contributed by atoms with Crippen molar-refractivity contribution in [2.24, 2.45) is 0 Å². The summed E-state index contributed by atoms with van der Waals surface area (Å²) in [5.74, 6) is 0.368. The van der Waals surface area contributed by atoms with Crippen molar-refractivity contribution >= 4 is 15.9 Å². The Balaban J connectivity index is 2.09. The second kappa shape index (κ2) is 4.76. The minimum Gasteiger partial charge on any atom is -0.472 e. The van der Waals surface area contributed by atoms with E-state index in [0.29, 0.717) is 10.4 Å². The van der Waals surface area contributed by atoms with Crippen LogP contribution in [0.1, 0.15) is 12.8 Å². The number of H-pyrrole nitrogens is 1. The van der Waals surface area contributed by atoms with Crippen LogP contribution in [0.2, 0.25) is 0 Å². The van der Waals surface area contributed by atoms with E-state index in [1.165, 1.54) is 6.33 Å². The van der Waals surface area contributed by atoms with Gasteiger partial charge in [-0.1, -0.05) is 0 Å². The van der Waals surface area contributed by atoms with Gasteiger partial charge in [-0.2, -0.15) is 0 Å². The Hall–Kier alpha value is -0.880. The molecular weight excluding hydrogens is 262 g/mol. The topological polar surface area (TPSA) is 67.0 Å². The van der Waals surface area contributed by atoms with E-state index < -0.39 is 0 Å². The van der Waals surface area contributed by atoms with E-state index in [2.05, 4.69) is 31.2 Å². The third-order valence-corrected chi connectivity index (χ3v) is 2.99. The first kappa shape index (κ1) is 10.6. The third-order valence-electron chi connectivity index (χ3n) is 2.29. The zero-order valence-corrected chi connectivity index (χ0v) is 9.71. The number of ether oxygens (including phenoxy) is 1. The van der Waals surface area contributed by atoms with Gasteiger partial charge in [0.05, 0.1) is 6.33 Å². The summed E-state index contributed by atoms with van der Waals surface area (Å²) >= 11 is 3.16. The second-order valence-corrected chi connectivity index (χ2v) is 4.23. The summed E-state index contributed by atoms with van der Waals surface area (Å²) in [5.41, 5.74) is -0.219. The summed E-state index contributed by atoms with van der Waals surface area (Å²) in [6, 6.07) is 0. The lowest BCUT2D eigenvalue weighted by molar-refractivity contribution is 0.159. The van der Waals surface area contributed by atoms with E-state index in [0.717, 1.165) is 25.9 Å². The molecule has 1 aliphatic heterocycles. The molecule has 2 N–H and O–H groups in total. The largest absolute Gasteiger partial charge is 0.472 e. The zero-order valence-electron chi connectivity index (χ0n) is 8.12. The summed E-state index contributed by atoms with van der Waals surface area (Å²) < 4.78 is 5.98. The van der Waals surface area contributed by atoms with Crippen LogP contribution in [0.5, 0.6) is 5.88 Å². The van der Waals surface area contributed by atoms with Crippen LogP contribution in [0.25, 0.3) is 0 Å². The van der Waals surface area contributed by atoms with Crippen molar-refractivity contribution in [3.63, 3.8) is 0 Å². The average Bonchev–Trinajstić information content (AvgIpc) is 2.26. The number of aromatic amines is 1. The number of nitrogens with one attached hydrogen (secondary N) is 2. The van der Waals surface area contributed by atoms with Gasteiger partial charge in [0.1, 0.15) is 10.6 Å². The number of aromatic nitrogens is 2. The van der Waals surface area contributed by atoms with Gasteiger partial charge in [-0.15, -0.1) is 0 Å².